The first kappa shape index (κ1) is 64.0. The van der Waals surface area contributed by atoms with Gasteiger partial charge in [0.25, 0.3) is 0 Å². The van der Waals surface area contributed by atoms with E-state index in [0.29, 0.717) is 25.7 Å². The Kier molecular flexibility index (Phi) is 49.9. The molecule has 0 heterocycles. The van der Waals surface area contributed by atoms with Gasteiger partial charge in [0.1, 0.15) is 25.4 Å². The van der Waals surface area contributed by atoms with E-state index in [4.69, 9.17) is 14.2 Å². The highest BCUT2D eigenvalue weighted by atomic mass is 17.1. The van der Waals surface area contributed by atoms with Gasteiger partial charge in [0, 0.05) is 19.3 Å². The Bertz CT molecular complexity index is 1260. The molecule has 0 saturated carbocycles. The maximum Gasteiger partial charge on any atom is 0.306 e. The Morgan fingerprint density at radius 1 is 0.388 bits per heavy atom. The van der Waals surface area contributed by atoms with E-state index in [1.165, 1.54) is 57.8 Å². The molecule has 67 heavy (non-hydrogen) atoms. The molecule has 0 aromatic carbocycles. The second-order valence-corrected chi connectivity index (χ2v) is 18.2. The molecule has 3 atom stereocenters. The molecule has 3 unspecified atom stereocenters. The monoisotopic (exact) mass is 945 g/mol. The lowest BCUT2D eigenvalue weighted by atomic mass is 10.0. The number of ether oxygens (including phenoxy) is 3. The van der Waals surface area contributed by atoms with Crippen molar-refractivity contribution in [2.75, 3.05) is 13.2 Å². The van der Waals surface area contributed by atoms with Gasteiger partial charge in [0.15, 0.2) is 6.10 Å². The zero-order valence-electron chi connectivity index (χ0n) is 43.0. The van der Waals surface area contributed by atoms with Crippen molar-refractivity contribution >= 4 is 17.9 Å². The molecule has 0 spiro atoms. The van der Waals surface area contributed by atoms with Gasteiger partial charge in [-0.05, 0) is 109 Å². The molecule has 0 radical (unpaired) electrons. The summed E-state index contributed by atoms with van der Waals surface area (Å²) in [6.07, 6.45) is 54.4. The third kappa shape index (κ3) is 46.5. The summed E-state index contributed by atoms with van der Waals surface area (Å²) in [6, 6.07) is 0. The van der Waals surface area contributed by atoms with Crippen LogP contribution in [0, 0.1) is 0 Å². The van der Waals surface area contributed by atoms with Gasteiger partial charge < -0.3 is 14.2 Å². The van der Waals surface area contributed by atoms with Crippen LogP contribution >= 0.6 is 0 Å². The lowest BCUT2D eigenvalue weighted by molar-refractivity contribution is -0.355. The minimum absolute atomic E-state index is 0.143. The van der Waals surface area contributed by atoms with Crippen molar-refractivity contribution in [2.24, 2.45) is 0 Å². The van der Waals surface area contributed by atoms with Gasteiger partial charge >= 0.3 is 17.9 Å². The molecular formula is C57H100O10. The summed E-state index contributed by atoms with van der Waals surface area (Å²) in [5.41, 5.74) is 0. The van der Waals surface area contributed by atoms with E-state index in [1.807, 2.05) is 6.08 Å². The summed E-state index contributed by atoms with van der Waals surface area (Å²) in [4.78, 5) is 47.4. The summed E-state index contributed by atoms with van der Waals surface area (Å²) in [5.74, 6) is -1.09. The van der Waals surface area contributed by atoms with Crippen LogP contribution < -0.4 is 0 Å². The molecular weight excluding hydrogens is 845 g/mol. The molecule has 0 saturated heterocycles. The average molecular weight is 945 g/mol. The van der Waals surface area contributed by atoms with Crippen molar-refractivity contribution in [3.05, 3.63) is 60.8 Å². The van der Waals surface area contributed by atoms with Crippen LogP contribution in [0.15, 0.2) is 60.8 Å². The minimum Gasteiger partial charge on any atom is -0.462 e. The van der Waals surface area contributed by atoms with Gasteiger partial charge in [-0.1, -0.05) is 184 Å². The van der Waals surface area contributed by atoms with Crippen LogP contribution in [-0.4, -0.2) is 59.9 Å². The number of unbranched alkanes of at least 4 members (excludes halogenated alkanes) is 23. The third-order valence-electron chi connectivity index (χ3n) is 11.9. The van der Waals surface area contributed by atoms with Crippen molar-refractivity contribution < 1.29 is 48.9 Å². The second kappa shape index (κ2) is 52.3. The highest BCUT2D eigenvalue weighted by Crippen LogP contribution is 2.18. The van der Waals surface area contributed by atoms with E-state index in [9.17, 15) is 24.9 Å². The molecule has 0 aromatic rings. The van der Waals surface area contributed by atoms with E-state index < -0.39 is 18.3 Å². The Hall–Kier alpha value is -3.05. The first-order valence-electron chi connectivity index (χ1n) is 27.3. The predicted molar refractivity (Wildman–Crippen MR) is 276 cm³/mol. The number of esters is 3. The Morgan fingerprint density at radius 3 is 1.13 bits per heavy atom. The van der Waals surface area contributed by atoms with Crippen molar-refractivity contribution in [2.45, 2.75) is 270 Å². The van der Waals surface area contributed by atoms with Crippen LogP contribution in [0.3, 0.4) is 0 Å². The van der Waals surface area contributed by atoms with Gasteiger partial charge in [-0.3, -0.25) is 24.9 Å². The summed E-state index contributed by atoms with van der Waals surface area (Å²) in [7, 11) is 0. The number of rotatable bonds is 50. The number of hydrogen-bond donors (Lipinski definition) is 2. The molecule has 10 nitrogen and oxygen atoms in total. The molecule has 0 aliphatic rings. The molecule has 0 bridgehead atoms. The molecule has 0 aliphatic carbocycles. The number of hydrogen-bond acceptors (Lipinski definition) is 10. The highest BCUT2D eigenvalue weighted by Gasteiger charge is 2.23. The standard InChI is InChI=1S/C57H100O10/c1-4-7-10-13-16-18-20-22-24-26-28-30-32-37-42-47-55(58)63-50-52(65-57(60)49-44-38-33-31-29-27-25-23-21-19-17-14-11-8-5-2)51-64-56(59)48-43-39-34-36-41-46-54(67-62)53(66-61)45-40-35-15-12-9-6-3/h16-19,22-25,35,40,52-54,61-62H,4-15,20-21,26-34,36-39,41-51H2,1-3H3/b18-16-,19-17-,24-22-,25-23-,40-35-. The molecule has 0 aliphatic heterocycles. The van der Waals surface area contributed by atoms with Gasteiger partial charge in [0.05, 0.1) is 0 Å². The van der Waals surface area contributed by atoms with Crippen molar-refractivity contribution in [1.29, 1.82) is 0 Å². The van der Waals surface area contributed by atoms with Gasteiger partial charge in [-0.25, -0.2) is 9.78 Å². The van der Waals surface area contributed by atoms with Crippen LogP contribution in [0.1, 0.15) is 252 Å². The number of carbonyl (C=O) groups excluding carboxylic acids is 3. The van der Waals surface area contributed by atoms with E-state index >= 15 is 0 Å². The SMILES string of the molecule is CCCCC/C=C\C/C=C\CCCCCCCC(=O)OCC(COC(=O)CCCCCCCC(OO)C(C/C=C\CCCCC)OO)OC(=O)CCCCCCC/C=C\C/C=C\CCCCC. The van der Waals surface area contributed by atoms with Crippen LogP contribution in [0.25, 0.3) is 0 Å². The summed E-state index contributed by atoms with van der Waals surface area (Å²) in [5, 5.41) is 18.8. The van der Waals surface area contributed by atoms with Crippen molar-refractivity contribution in [3.8, 4) is 0 Å². The first-order chi connectivity index (χ1) is 32.9. The lowest BCUT2D eigenvalue weighted by Crippen LogP contribution is -2.30. The zero-order chi connectivity index (χ0) is 48.9. The van der Waals surface area contributed by atoms with E-state index in [0.717, 1.165) is 135 Å². The van der Waals surface area contributed by atoms with Gasteiger partial charge in [-0.2, -0.15) is 0 Å². The summed E-state index contributed by atoms with van der Waals surface area (Å²) in [6.45, 7) is 6.32. The molecule has 388 valence electrons. The van der Waals surface area contributed by atoms with E-state index in [-0.39, 0.29) is 44.0 Å². The van der Waals surface area contributed by atoms with Crippen LogP contribution in [0.4, 0.5) is 0 Å². The van der Waals surface area contributed by atoms with E-state index in [2.05, 4.69) is 85.2 Å². The molecule has 0 fully saturated rings. The predicted octanol–water partition coefficient (Wildman–Crippen LogP) is 16.6. The van der Waals surface area contributed by atoms with Gasteiger partial charge in [0.2, 0.25) is 0 Å². The summed E-state index contributed by atoms with van der Waals surface area (Å²) >= 11 is 0. The maximum atomic E-state index is 12.8. The van der Waals surface area contributed by atoms with E-state index in [1.54, 1.807) is 0 Å². The Labute approximate surface area is 409 Å². The highest BCUT2D eigenvalue weighted by molar-refractivity contribution is 5.71. The fourth-order valence-electron chi connectivity index (χ4n) is 7.61. The molecule has 0 aromatic heterocycles. The molecule has 0 amide bonds. The van der Waals surface area contributed by atoms with Crippen LogP contribution in [0.2, 0.25) is 0 Å². The van der Waals surface area contributed by atoms with Crippen LogP contribution in [-0.2, 0) is 38.4 Å². The number of carbonyl (C=O) groups is 3. The van der Waals surface area contributed by atoms with Crippen molar-refractivity contribution in [3.63, 3.8) is 0 Å². The second-order valence-electron chi connectivity index (χ2n) is 18.2. The lowest BCUT2D eigenvalue weighted by Gasteiger charge is -2.20. The smallest absolute Gasteiger partial charge is 0.306 e. The fraction of sp³-hybridized carbons (Fsp3) is 0.772. The molecule has 10 heteroatoms. The minimum atomic E-state index is -0.854. The fourth-order valence-corrected chi connectivity index (χ4v) is 7.61. The topological polar surface area (TPSA) is 138 Å². The largest absolute Gasteiger partial charge is 0.462 e. The Morgan fingerprint density at radius 2 is 0.731 bits per heavy atom. The quantitative estimate of drug-likeness (QED) is 0.0151. The average Bonchev–Trinajstić information content (AvgIpc) is 3.33. The van der Waals surface area contributed by atoms with Crippen molar-refractivity contribution in [1.82, 2.24) is 0 Å². The number of allylic oxidation sites excluding steroid dienone is 9. The molecule has 0 rings (SSSR count). The third-order valence-corrected chi connectivity index (χ3v) is 11.9. The first-order valence-corrected chi connectivity index (χ1v) is 27.3. The summed E-state index contributed by atoms with van der Waals surface area (Å²) < 4.78 is 16.7. The van der Waals surface area contributed by atoms with Gasteiger partial charge in [-0.15, -0.1) is 0 Å². The van der Waals surface area contributed by atoms with Crippen LogP contribution in [0.5, 0.6) is 0 Å². The zero-order valence-corrected chi connectivity index (χ0v) is 43.0. The maximum absolute atomic E-state index is 12.8. The molecule has 2 N–H and O–H groups in total. The Balaban J connectivity index is 4.63. The normalized spacial score (nSPS) is 13.4.